The zero-order valence-electron chi connectivity index (χ0n) is 9.09. The first kappa shape index (κ1) is 13.1. The quantitative estimate of drug-likeness (QED) is 0.790. The highest BCUT2D eigenvalue weighted by Crippen LogP contribution is 2.20. The number of sulfonamides is 1. The molecule has 2 aromatic rings. The third-order valence-corrected chi connectivity index (χ3v) is 4.08. The number of aliphatic hydroxyl groups is 1. The zero-order chi connectivity index (χ0) is 13.2. The van der Waals surface area contributed by atoms with Gasteiger partial charge in [-0.2, -0.15) is 13.5 Å². The minimum absolute atomic E-state index is 0.134. The molecular formula is C10H10BrN3O3S. The van der Waals surface area contributed by atoms with Gasteiger partial charge in [0.1, 0.15) is 0 Å². The number of H-pyrrole nitrogens is 1. The summed E-state index contributed by atoms with van der Waals surface area (Å²) in [4.78, 5) is 0. The fourth-order valence-corrected chi connectivity index (χ4v) is 2.98. The van der Waals surface area contributed by atoms with E-state index in [0.29, 0.717) is 5.69 Å². The molecule has 1 heterocycles. The number of nitrogens with one attached hydrogen (secondary N) is 2. The third kappa shape index (κ3) is 2.71. The van der Waals surface area contributed by atoms with Crippen LogP contribution in [0.15, 0.2) is 40.0 Å². The van der Waals surface area contributed by atoms with E-state index in [1.54, 1.807) is 24.3 Å². The lowest BCUT2D eigenvalue weighted by Crippen LogP contribution is -2.15. The van der Waals surface area contributed by atoms with Gasteiger partial charge in [-0.1, -0.05) is 22.0 Å². The number of aromatic amines is 1. The van der Waals surface area contributed by atoms with E-state index in [9.17, 15) is 8.42 Å². The van der Waals surface area contributed by atoms with Crippen molar-refractivity contribution in [3.05, 3.63) is 40.5 Å². The molecule has 0 aliphatic rings. The van der Waals surface area contributed by atoms with Crippen LogP contribution in [0.2, 0.25) is 0 Å². The van der Waals surface area contributed by atoms with Gasteiger partial charge < -0.3 is 5.11 Å². The molecule has 0 aliphatic carbocycles. The highest BCUT2D eigenvalue weighted by atomic mass is 79.9. The van der Waals surface area contributed by atoms with E-state index in [1.165, 1.54) is 6.20 Å². The van der Waals surface area contributed by atoms with Gasteiger partial charge in [-0.05, 0) is 18.2 Å². The van der Waals surface area contributed by atoms with E-state index in [4.69, 9.17) is 5.11 Å². The fourth-order valence-electron chi connectivity index (χ4n) is 1.40. The summed E-state index contributed by atoms with van der Waals surface area (Å²) in [5, 5.41) is 14.9. The van der Waals surface area contributed by atoms with Crippen LogP contribution in [0.3, 0.4) is 0 Å². The summed E-state index contributed by atoms with van der Waals surface area (Å²) >= 11 is 3.25. The molecule has 0 saturated carbocycles. The normalized spacial score (nSPS) is 11.4. The largest absolute Gasteiger partial charge is 0.392 e. The van der Waals surface area contributed by atoms with Crippen LogP contribution < -0.4 is 4.72 Å². The lowest BCUT2D eigenvalue weighted by molar-refractivity contribution is 0.278. The smallest absolute Gasteiger partial charge is 0.279 e. The molecule has 2 rings (SSSR count). The molecule has 96 valence electrons. The first-order valence-corrected chi connectivity index (χ1v) is 7.22. The summed E-state index contributed by atoms with van der Waals surface area (Å²) in [5.41, 5.74) is 0.639. The summed E-state index contributed by atoms with van der Waals surface area (Å²) in [7, 11) is -3.78. The van der Waals surface area contributed by atoms with Crippen molar-refractivity contribution in [2.75, 3.05) is 4.72 Å². The molecule has 8 heteroatoms. The van der Waals surface area contributed by atoms with Gasteiger partial charge in [-0.25, -0.2) is 0 Å². The van der Waals surface area contributed by atoms with E-state index >= 15 is 0 Å². The number of halogens is 1. The maximum Gasteiger partial charge on any atom is 0.279 e. The van der Waals surface area contributed by atoms with Gasteiger partial charge in [0.25, 0.3) is 10.0 Å². The molecule has 6 nitrogen and oxygen atoms in total. The molecule has 0 spiro atoms. The molecule has 0 fully saturated rings. The Hall–Kier alpha value is -1.38. The summed E-state index contributed by atoms with van der Waals surface area (Å²) in [6.45, 7) is -0.398. The Balaban J connectivity index is 2.33. The molecule has 0 radical (unpaired) electrons. The maximum atomic E-state index is 12.0. The molecule has 0 saturated heterocycles. The lowest BCUT2D eigenvalue weighted by atomic mass is 10.3. The van der Waals surface area contributed by atoms with E-state index in [-0.39, 0.29) is 10.6 Å². The number of hydrogen-bond acceptors (Lipinski definition) is 4. The molecule has 18 heavy (non-hydrogen) atoms. The standard InChI is InChI=1S/C10H10BrN3O3S/c11-8-2-1-3-9(4-8)14-18(16,17)10-7(6-15)5-12-13-10/h1-5,14-15H,6H2,(H,12,13). The number of anilines is 1. The lowest BCUT2D eigenvalue weighted by Gasteiger charge is -2.07. The third-order valence-electron chi connectivity index (χ3n) is 2.19. The highest BCUT2D eigenvalue weighted by molar-refractivity contribution is 9.10. The average molecular weight is 332 g/mol. The number of nitrogens with zero attached hydrogens (tertiary/aromatic N) is 1. The van der Waals surface area contributed by atoms with Crippen molar-refractivity contribution in [1.29, 1.82) is 0 Å². The van der Waals surface area contributed by atoms with Crippen molar-refractivity contribution in [2.24, 2.45) is 0 Å². The van der Waals surface area contributed by atoms with Crippen LogP contribution in [0.25, 0.3) is 0 Å². The number of aromatic nitrogens is 2. The number of hydrogen-bond donors (Lipinski definition) is 3. The average Bonchev–Trinajstić information content (AvgIpc) is 2.77. The van der Waals surface area contributed by atoms with Gasteiger partial charge in [-0.3, -0.25) is 9.82 Å². The Labute approximate surface area is 112 Å². The monoisotopic (exact) mass is 331 g/mol. The minimum Gasteiger partial charge on any atom is -0.392 e. The summed E-state index contributed by atoms with van der Waals surface area (Å²) in [6.07, 6.45) is 1.27. The minimum atomic E-state index is -3.78. The molecule has 1 aromatic carbocycles. The second-order valence-electron chi connectivity index (χ2n) is 3.50. The maximum absolute atomic E-state index is 12.0. The Morgan fingerprint density at radius 2 is 2.22 bits per heavy atom. The Morgan fingerprint density at radius 3 is 2.89 bits per heavy atom. The second-order valence-corrected chi connectivity index (χ2v) is 6.03. The predicted octanol–water partition coefficient (Wildman–Crippen LogP) is 1.47. The van der Waals surface area contributed by atoms with Gasteiger partial charge in [0.15, 0.2) is 5.03 Å². The van der Waals surface area contributed by atoms with Gasteiger partial charge in [0.05, 0.1) is 12.8 Å². The van der Waals surface area contributed by atoms with Crippen LogP contribution in [0.4, 0.5) is 5.69 Å². The topological polar surface area (TPSA) is 95.1 Å². The molecule has 3 N–H and O–H groups in total. The van der Waals surface area contributed by atoms with Crippen LogP contribution >= 0.6 is 15.9 Å². The van der Waals surface area contributed by atoms with Crippen molar-refractivity contribution in [3.8, 4) is 0 Å². The van der Waals surface area contributed by atoms with Crippen LogP contribution in [0.5, 0.6) is 0 Å². The predicted molar refractivity (Wildman–Crippen MR) is 69.5 cm³/mol. The van der Waals surface area contributed by atoms with Crippen LogP contribution in [-0.2, 0) is 16.6 Å². The summed E-state index contributed by atoms with van der Waals surface area (Å²) in [6, 6.07) is 6.75. The van der Waals surface area contributed by atoms with E-state index in [2.05, 4.69) is 30.8 Å². The molecule has 0 bridgehead atoms. The molecule has 0 aliphatic heterocycles. The van der Waals surface area contributed by atoms with Crippen molar-refractivity contribution in [3.63, 3.8) is 0 Å². The van der Waals surface area contributed by atoms with E-state index < -0.39 is 16.6 Å². The second kappa shape index (κ2) is 5.09. The van der Waals surface area contributed by atoms with Gasteiger partial charge in [0.2, 0.25) is 0 Å². The number of rotatable bonds is 4. The Bertz CT molecular complexity index is 654. The van der Waals surface area contributed by atoms with Gasteiger partial charge >= 0.3 is 0 Å². The van der Waals surface area contributed by atoms with Crippen molar-refractivity contribution < 1.29 is 13.5 Å². The first-order valence-electron chi connectivity index (χ1n) is 4.94. The highest BCUT2D eigenvalue weighted by Gasteiger charge is 2.20. The summed E-state index contributed by atoms with van der Waals surface area (Å²) in [5.74, 6) is 0. The van der Waals surface area contributed by atoms with Crippen molar-refractivity contribution in [1.82, 2.24) is 10.2 Å². The van der Waals surface area contributed by atoms with Crippen molar-refractivity contribution >= 4 is 31.6 Å². The Morgan fingerprint density at radius 1 is 1.44 bits per heavy atom. The first-order chi connectivity index (χ1) is 8.53. The van der Waals surface area contributed by atoms with Crippen molar-refractivity contribution in [2.45, 2.75) is 11.6 Å². The molecule has 0 amide bonds. The summed E-state index contributed by atoms with van der Waals surface area (Å²) < 4.78 is 27.2. The number of benzene rings is 1. The molecule has 0 atom stereocenters. The van der Waals surface area contributed by atoms with Crippen LogP contribution in [0.1, 0.15) is 5.56 Å². The number of aliphatic hydroxyl groups excluding tert-OH is 1. The van der Waals surface area contributed by atoms with Crippen LogP contribution in [-0.4, -0.2) is 23.7 Å². The van der Waals surface area contributed by atoms with Crippen LogP contribution in [0, 0.1) is 0 Å². The van der Waals surface area contributed by atoms with Gasteiger partial charge in [-0.15, -0.1) is 0 Å². The van der Waals surface area contributed by atoms with Gasteiger partial charge in [0, 0.05) is 15.7 Å². The van der Waals surface area contributed by atoms with E-state index in [0.717, 1.165) is 4.47 Å². The molecule has 0 unspecified atom stereocenters. The van der Waals surface area contributed by atoms with E-state index in [1.807, 2.05) is 0 Å². The SMILES string of the molecule is O=S(=O)(Nc1cccc(Br)c1)c1[nH]ncc1CO. The molecule has 1 aromatic heterocycles. The fraction of sp³-hybridized carbons (Fsp3) is 0.100. The zero-order valence-corrected chi connectivity index (χ0v) is 11.5. The Kier molecular flexibility index (Phi) is 3.69. The molecular weight excluding hydrogens is 322 g/mol.